The number of nitrogens with one attached hydrogen (secondary N) is 1. The zero-order valence-corrected chi connectivity index (χ0v) is 16.2. The van der Waals surface area contributed by atoms with Crippen molar-refractivity contribution in [1.29, 1.82) is 0 Å². The number of hydrogen-bond acceptors (Lipinski definition) is 6. The first-order valence-corrected chi connectivity index (χ1v) is 10.7. The monoisotopic (exact) mass is 421 g/mol. The summed E-state index contributed by atoms with van der Waals surface area (Å²) in [5.41, 5.74) is 0.906. The molecule has 0 bridgehead atoms. The van der Waals surface area contributed by atoms with E-state index >= 15 is 0 Å². The van der Waals surface area contributed by atoms with E-state index in [1.165, 1.54) is 17.0 Å². The van der Waals surface area contributed by atoms with E-state index in [1.807, 2.05) is 0 Å². The second-order valence-electron chi connectivity index (χ2n) is 6.60. The van der Waals surface area contributed by atoms with Gasteiger partial charge in [0.25, 0.3) is 0 Å². The van der Waals surface area contributed by atoms with Crippen LogP contribution in [0.3, 0.4) is 0 Å². The van der Waals surface area contributed by atoms with Crippen LogP contribution in [0.15, 0.2) is 41.5 Å². The lowest BCUT2D eigenvalue weighted by Crippen LogP contribution is -2.29. The number of hydrogen-bond donors (Lipinski definition) is 1. The van der Waals surface area contributed by atoms with Crippen LogP contribution in [0.25, 0.3) is 11.0 Å². The summed E-state index contributed by atoms with van der Waals surface area (Å²) in [5.74, 6) is -0.301. The van der Waals surface area contributed by atoms with Crippen LogP contribution in [0.2, 0.25) is 5.02 Å². The summed E-state index contributed by atoms with van der Waals surface area (Å²) in [4.78, 5) is 28.4. The molecular weight excluding hydrogens is 406 g/mol. The molecule has 0 aliphatic carbocycles. The molecule has 0 unspecified atom stereocenters. The summed E-state index contributed by atoms with van der Waals surface area (Å²) in [5, 5.41) is 7.49. The van der Waals surface area contributed by atoms with Gasteiger partial charge in [0, 0.05) is 10.7 Å². The Morgan fingerprint density at radius 3 is 2.64 bits per heavy atom. The lowest BCUT2D eigenvalue weighted by Gasteiger charge is -2.11. The van der Waals surface area contributed by atoms with Crippen LogP contribution in [0.5, 0.6) is 0 Å². The van der Waals surface area contributed by atoms with Crippen LogP contribution >= 0.6 is 11.6 Å². The number of halogens is 1. The standard InChI is InChI=1S/C17H16ClN5O4S/c18-11-1-3-12(4-2-11)21-16(24)9-22-14-8-20-23(15(14)7-19-17(22)25)13-5-6-28(26,27)10-13/h1-4,7-8,13H,5-6,9-10H2,(H,21,24)/t13-/m1/s1. The van der Waals surface area contributed by atoms with Crippen molar-refractivity contribution in [2.24, 2.45) is 0 Å². The number of fused-ring (bicyclic) bond motifs is 1. The highest BCUT2D eigenvalue weighted by Crippen LogP contribution is 2.26. The van der Waals surface area contributed by atoms with E-state index in [9.17, 15) is 18.0 Å². The van der Waals surface area contributed by atoms with E-state index in [2.05, 4.69) is 15.4 Å². The second-order valence-corrected chi connectivity index (χ2v) is 9.26. The molecule has 0 saturated carbocycles. The number of benzene rings is 1. The predicted octanol–water partition coefficient (Wildman–Crippen LogP) is 1.24. The van der Waals surface area contributed by atoms with Crippen LogP contribution < -0.4 is 11.0 Å². The Kier molecular flexibility index (Phi) is 4.68. The van der Waals surface area contributed by atoms with Crippen molar-refractivity contribution < 1.29 is 13.2 Å². The molecule has 1 fully saturated rings. The molecule has 0 radical (unpaired) electrons. The zero-order valence-electron chi connectivity index (χ0n) is 14.6. The predicted molar refractivity (Wildman–Crippen MR) is 104 cm³/mol. The van der Waals surface area contributed by atoms with Crippen LogP contribution in [0.4, 0.5) is 5.69 Å². The molecular formula is C17H16ClN5O4S. The molecule has 1 N–H and O–H groups in total. The largest absolute Gasteiger partial charge is 0.348 e. The van der Waals surface area contributed by atoms with Crippen LogP contribution in [0, 0.1) is 0 Å². The van der Waals surface area contributed by atoms with Gasteiger partial charge in [-0.05, 0) is 30.7 Å². The number of sulfone groups is 1. The van der Waals surface area contributed by atoms with Crippen molar-refractivity contribution in [3.8, 4) is 0 Å². The smallest absolute Gasteiger partial charge is 0.325 e. The number of anilines is 1. The first-order chi connectivity index (χ1) is 13.3. The Hall–Kier alpha value is -2.72. The Morgan fingerprint density at radius 1 is 1.21 bits per heavy atom. The minimum atomic E-state index is -3.09. The van der Waals surface area contributed by atoms with E-state index in [1.54, 1.807) is 28.9 Å². The highest BCUT2D eigenvalue weighted by atomic mass is 35.5. The minimum absolute atomic E-state index is 0.0000404. The highest BCUT2D eigenvalue weighted by molar-refractivity contribution is 7.91. The summed E-state index contributed by atoms with van der Waals surface area (Å²) in [6.45, 7) is -0.250. The molecule has 3 heterocycles. The van der Waals surface area contributed by atoms with E-state index in [0.29, 0.717) is 28.2 Å². The zero-order chi connectivity index (χ0) is 19.9. The summed E-state index contributed by atoms with van der Waals surface area (Å²) < 4.78 is 26.3. The maximum Gasteiger partial charge on any atom is 0.348 e. The van der Waals surface area contributed by atoms with Gasteiger partial charge in [0.05, 0.1) is 35.5 Å². The number of rotatable bonds is 4. The number of carbonyl (C=O) groups excluding carboxylic acids is 1. The third-order valence-electron chi connectivity index (χ3n) is 4.62. The molecule has 28 heavy (non-hydrogen) atoms. The summed E-state index contributed by atoms with van der Waals surface area (Å²) in [6.07, 6.45) is 3.28. The second kappa shape index (κ2) is 7.02. The molecule has 1 aliphatic heterocycles. The Balaban J connectivity index is 1.62. The summed E-state index contributed by atoms with van der Waals surface area (Å²) in [7, 11) is -3.09. The lowest BCUT2D eigenvalue weighted by atomic mass is 10.2. The van der Waals surface area contributed by atoms with Crippen LogP contribution in [0.1, 0.15) is 12.5 Å². The van der Waals surface area contributed by atoms with Crippen molar-refractivity contribution in [2.45, 2.75) is 19.0 Å². The number of nitrogens with zero attached hydrogens (tertiary/aromatic N) is 4. The van der Waals surface area contributed by atoms with Crippen molar-refractivity contribution in [3.63, 3.8) is 0 Å². The van der Waals surface area contributed by atoms with Crippen LogP contribution in [-0.2, 0) is 21.2 Å². The molecule has 0 spiro atoms. The molecule has 9 nitrogen and oxygen atoms in total. The fraction of sp³-hybridized carbons (Fsp3) is 0.294. The Labute approximate surface area is 164 Å². The molecule has 4 rings (SSSR count). The summed E-state index contributed by atoms with van der Waals surface area (Å²) in [6, 6.07) is 6.29. The van der Waals surface area contributed by atoms with Gasteiger partial charge in [0.15, 0.2) is 9.84 Å². The summed E-state index contributed by atoms with van der Waals surface area (Å²) >= 11 is 5.82. The molecule has 146 valence electrons. The Bertz CT molecular complexity index is 1220. The van der Waals surface area contributed by atoms with Gasteiger partial charge in [0.1, 0.15) is 12.1 Å². The first kappa shape index (κ1) is 18.6. The van der Waals surface area contributed by atoms with Crippen LogP contribution in [-0.4, -0.2) is 45.2 Å². The third kappa shape index (κ3) is 3.65. The van der Waals surface area contributed by atoms with Gasteiger partial charge in [-0.15, -0.1) is 0 Å². The number of aromatic nitrogens is 4. The first-order valence-electron chi connectivity index (χ1n) is 8.51. The molecule has 3 aromatic rings. The Morgan fingerprint density at radius 2 is 1.96 bits per heavy atom. The molecule has 1 saturated heterocycles. The van der Waals surface area contributed by atoms with Gasteiger partial charge in [-0.1, -0.05) is 11.6 Å². The number of amides is 1. The molecule has 1 atom stereocenters. The molecule has 11 heteroatoms. The van der Waals surface area contributed by atoms with E-state index in [4.69, 9.17) is 11.6 Å². The molecule has 1 amide bonds. The van der Waals surface area contributed by atoms with E-state index in [0.717, 1.165) is 0 Å². The highest BCUT2D eigenvalue weighted by Gasteiger charge is 2.31. The maximum atomic E-state index is 12.4. The van der Waals surface area contributed by atoms with Crippen molar-refractivity contribution in [2.75, 3.05) is 16.8 Å². The number of carbonyl (C=O) groups is 1. The average molecular weight is 422 g/mol. The van der Waals surface area contributed by atoms with E-state index in [-0.39, 0.29) is 24.1 Å². The van der Waals surface area contributed by atoms with Crippen molar-refractivity contribution >= 4 is 44.1 Å². The SMILES string of the molecule is O=C(Cn1c(=O)ncc2c1cnn2[C@@H]1CCS(=O)(=O)C1)Nc1ccc(Cl)cc1. The molecule has 1 aromatic carbocycles. The molecule has 1 aliphatic rings. The lowest BCUT2D eigenvalue weighted by molar-refractivity contribution is -0.116. The van der Waals surface area contributed by atoms with Gasteiger partial charge in [-0.25, -0.2) is 13.2 Å². The van der Waals surface area contributed by atoms with Crippen molar-refractivity contribution in [1.82, 2.24) is 19.3 Å². The van der Waals surface area contributed by atoms with Gasteiger partial charge in [-0.3, -0.25) is 14.0 Å². The normalized spacial score (nSPS) is 18.4. The fourth-order valence-corrected chi connectivity index (χ4v) is 5.09. The maximum absolute atomic E-state index is 12.4. The van der Waals surface area contributed by atoms with Gasteiger partial charge >= 0.3 is 5.69 Å². The van der Waals surface area contributed by atoms with Gasteiger partial charge < -0.3 is 5.32 Å². The quantitative estimate of drug-likeness (QED) is 0.677. The molecule has 2 aromatic heterocycles. The van der Waals surface area contributed by atoms with Gasteiger partial charge in [0.2, 0.25) is 5.91 Å². The van der Waals surface area contributed by atoms with Gasteiger partial charge in [-0.2, -0.15) is 10.1 Å². The van der Waals surface area contributed by atoms with Crippen molar-refractivity contribution in [3.05, 3.63) is 52.2 Å². The average Bonchev–Trinajstić information content (AvgIpc) is 3.22. The minimum Gasteiger partial charge on any atom is -0.325 e. The topological polar surface area (TPSA) is 116 Å². The third-order valence-corrected chi connectivity index (χ3v) is 6.62. The fourth-order valence-electron chi connectivity index (χ4n) is 3.27. The van der Waals surface area contributed by atoms with E-state index < -0.39 is 21.4 Å².